The van der Waals surface area contributed by atoms with Crippen LogP contribution in [0.2, 0.25) is 0 Å². The standard InChI is InChI=1S/C15H22N2O5S.ClH/c1-21-12-5-4-11(10-13(12)22-2)17-14(18)15(23(3,19)20)6-8-16-9-7-15;/h4-5,10,16H,6-9H2,1-3H3,(H,17,18);1H. The molecule has 1 heterocycles. The van der Waals surface area contributed by atoms with E-state index < -0.39 is 20.5 Å². The second-order valence-electron chi connectivity index (χ2n) is 5.54. The highest BCUT2D eigenvalue weighted by molar-refractivity contribution is 7.92. The molecule has 0 spiro atoms. The Kier molecular flexibility index (Phi) is 6.88. The molecule has 1 aromatic carbocycles. The highest BCUT2D eigenvalue weighted by atomic mass is 35.5. The van der Waals surface area contributed by atoms with Crippen LogP contribution in [0.5, 0.6) is 11.5 Å². The summed E-state index contributed by atoms with van der Waals surface area (Å²) in [4.78, 5) is 12.7. The number of halogens is 1. The second kappa shape index (κ2) is 8.04. The number of hydrogen-bond donors (Lipinski definition) is 2. The minimum Gasteiger partial charge on any atom is -0.493 e. The van der Waals surface area contributed by atoms with E-state index in [-0.39, 0.29) is 25.2 Å². The number of hydrogen-bond acceptors (Lipinski definition) is 6. The molecule has 0 atom stereocenters. The summed E-state index contributed by atoms with van der Waals surface area (Å²) in [6.45, 7) is 0.985. The lowest BCUT2D eigenvalue weighted by atomic mass is 9.95. The molecule has 1 aromatic rings. The van der Waals surface area contributed by atoms with Gasteiger partial charge in [0, 0.05) is 18.0 Å². The van der Waals surface area contributed by atoms with Crippen molar-refractivity contribution >= 4 is 33.8 Å². The molecule has 0 bridgehead atoms. The Hall–Kier alpha value is -1.51. The van der Waals surface area contributed by atoms with Crippen LogP contribution in [0.25, 0.3) is 0 Å². The number of carbonyl (C=O) groups excluding carboxylic acids is 1. The van der Waals surface area contributed by atoms with Crippen LogP contribution < -0.4 is 20.1 Å². The van der Waals surface area contributed by atoms with E-state index in [1.54, 1.807) is 18.2 Å². The molecule has 2 rings (SSSR count). The molecule has 0 saturated carbocycles. The highest BCUT2D eigenvalue weighted by Crippen LogP contribution is 2.32. The fourth-order valence-electron chi connectivity index (χ4n) is 2.76. The maximum atomic E-state index is 12.7. The van der Waals surface area contributed by atoms with Crippen LogP contribution in [0.4, 0.5) is 5.69 Å². The van der Waals surface area contributed by atoms with E-state index in [1.807, 2.05) is 0 Å². The van der Waals surface area contributed by atoms with Crippen molar-refractivity contribution in [3.8, 4) is 11.5 Å². The van der Waals surface area contributed by atoms with Crippen molar-refractivity contribution in [1.29, 1.82) is 0 Å². The third-order valence-corrected chi connectivity index (χ3v) is 6.19. The van der Waals surface area contributed by atoms with Crippen LogP contribution in [0, 0.1) is 0 Å². The van der Waals surface area contributed by atoms with Gasteiger partial charge < -0.3 is 20.1 Å². The van der Waals surface area contributed by atoms with Crippen molar-refractivity contribution in [1.82, 2.24) is 5.32 Å². The van der Waals surface area contributed by atoms with Gasteiger partial charge in [0.2, 0.25) is 5.91 Å². The molecule has 2 N–H and O–H groups in total. The quantitative estimate of drug-likeness (QED) is 0.800. The van der Waals surface area contributed by atoms with Gasteiger partial charge in [0.1, 0.15) is 0 Å². The molecule has 0 unspecified atom stereocenters. The largest absolute Gasteiger partial charge is 0.493 e. The molecule has 1 fully saturated rings. The molecule has 24 heavy (non-hydrogen) atoms. The zero-order valence-electron chi connectivity index (χ0n) is 13.9. The Morgan fingerprint density at radius 3 is 2.25 bits per heavy atom. The molecule has 0 radical (unpaired) electrons. The van der Waals surface area contributed by atoms with Gasteiger partial charge in [-0.25, -0.2) is 8.42 Å². The van der Waals surface area contributed by atoms with Crippen LogP contribution in [-0.4, -0.2) is 52.6 Å². The number of nitrogens with one attached hydrogen (secondary N) is 2. The van der Waals surface area contributed by atoms with Crippen molar-refractivity contribution in [2.75, 3.05) is 38.9 Å². The second-order valence-corrected chi connectivity index (χ2v) is 7.87. The van der Waals surface area contributed by atoms with E-state index in [0.29, 0.717) is 30.3 Å². The first kappa shape index (κ1) is 20.5. The van der Waals surface area contributed by atoms with Gasteiger partial charge in [0.15, 0.2) is 26.1 Å². The summed E-state index contributed by atoms with van der Waals surface area (Å²) >= 11 is 0. The van der Waals surface area contributed by atoms with Crippen molar-refractivity contribution in [3.05, 3.63) is 18.2 Å². The van der Waals surface area contributed by atoms with Gasteiger partial charge in [-0.3, -0.25) is 4.79 Å². The predicted molar refractivity (Wildman–Crippen MR) is 95.1 cm³/mol. The van der Waals surface area contributed by atoms with Crippen molar-refractivity contribution in [2.45, 2.75) is 17.6 Å². The molecule has 0 aliphatic carbocycles. The van der Waals surface area contributed by atoms with Gasteiger partial charge in [0.25, 0.3) is 0 Å². The van der Waals surface area contributed by atoms with Crippen molar-refractivity contribution in [3.63, 3.8) is 0 Å². The average Bonchev–Trinajstić information content (AvgIpc) is 2.54. The molecular formula is C15H23ClN2O5S. The van der Waals surface area contributed by atoms with Crippen LogP contribution in [-0.2, 0) is 14.6 Å². The molecule has 9 heteroatoms. The number of anilines is 1. The average molecular weight is 379 g/mol. The minimum atomic E-state index is -3.54. The van der Waals surface area contributed by atoms with Gasteiger partial charge in [-0.1, -0.05) is 0 Å². The number of piperidine rings is 1. The normalized spacial score (nSPS) is 16.6. The van der Waals surface area contributed by atoms with E-state index >= 15 is 0 Å². The summed E-state index contributed by atoms with van der Waals surface area (Å²) in [5.74, 6) is 0.489. The monoisotopic (exact) mass is 378 g/mol. The van der Waals surface area contributed by atoms with Crippen LogP contribution in [0.15, 0.2) is 18.2 Å². The van der Waals surface area contributed by atoms with E-state index in [4.69, 9.17) is 9.47 Å². The predicted octanol–water partition coefficient (Wildman–Crippen LogP) is 1.23. The topological polar surface area (TPSA) is 93.7 Å². The zero-order valence-corrected chi connectivity index (χ0v) is 15.6. The van der Waals surface area contributed by atoms with Gasteiger partial charge in [-0.05, 0) is 38.1 Å². The summed E-state index contributed by atoms with van der Waals surface area (Å²) in [5.41, 5.74) is 0.467. The fourth-order valence-corrected chi connectivity index (χ4v) is 4.09. The maximum Gasteiger partial charge on any atom is 0.245 e. The number of rotatable bonds is 5. The molecule has 0 aromatic heterocycles. The van der Waals surface area contributed by atoms with Crippen molar-refractivity contribution < 1.29 is 22.7 Å². The first-order valence-electron chi connectivity index (χ1n) is 7.28. The van der Waals surface area contributed by atoms with Crippen molar-refractivity contribution in [2.24, 2.45) is 0 Å². The van der Waals surface area contributed by atoms with Gasteiger partial charge >= 0.3 is 0 Å². The molecule has 7 nitrogen and oxygen atoms in total. The van der Waals surface area contributed by atoms with E-state index in [9.17, 15) is 13.2 Å². The Morgan fingerprint density at radius 1 is 1.17 bits per heavy atom. The fraction of sp³-hybridized carbons (Fsp3) is 0.533. The first-order valence-corrected chi connectivity index (χ1v) is 9.17. The molecule has 1 aliphatic heterocycles. The van der Waals surface area contributed by atoms with Gasteiger partial charge in [0.05, 0.1) is 14.2 Å². The highest BCUT2D eigenvalue weighted by Gasteiger charge is 2.48. The summed E-state index contributed by atoms with van der Waals surface area (Å²) in [6, 6.07) is 4.91. The molecule has 1 aliphatic rings. The summed E-state index contributed by atoms with van der Waals surface area (Å²) in [6.07, 6.45) is 1.63. The Labute approximate surface area is 148 Å². The first-order chi connectivity index (χ1) is 10.8. The van der Waals surface area contributed by atoms with E-state index in [1.165, 1.54) is 14.2 Å². The van der Waals surface area contributed by atoms with E-state index in [0.717, 1.165) is 6.26 Å². The third kappa shape index (κ3) is 3.93. The summed E-state index contributed by atoms with van der Waals surface area (Å²) < 4.78 is 33.4. The van der Waals surface area contributed by atoms with Crippen LogP contribution in [0.1, 0.15) is 12.8 Å². The number of carbonyl (C=O) groups is 1. The molecule has 1 saturated heterocycles. The molecular weight excluding hydrogens is 356 g/mol. The Morgan fingerprint density at radius 2 is 1.75 bits per heavy atom. The van der Waals surface area contributed by atoms with Crippen LogP contribution >= 0.6 is 12.4 Å². The number of amides is 1. The Balaban J connectivity index is 0.00000288. The van der Waals surface area contributed by atoms with Gasteiger partial charge in [-0.2, -0.15) is 0 Å². The zero-order chi connectivity index (χ0) is 17.1. The lowest BCUT2D eigenvalue weighted by Gasteiger charge is -2.34. The summed E-state index contributed by atoms with van der Waals surface area (Å²) in [5, 5.41) is 5.79. The molecule has 136 valence electrons. The SMILES string of the molecule is COc1ccc(NC(=O)C2(S(C)(=O)=O)CCNCC2)cc1OC.Cl. The lowest BCUT2D eigenvalue weighted by Crippen LogP contribution is -2.55. The Bertz CT molecular complexity index is 687. The maximum absolute atomic E-state index is 12.7. The van der Waals surface area contributed by atoms with Crippen LogP contribution in [0.3, 0.4) is 0 Å². The number of methoxy groups -OCH3 is 2. The molecule has 1 amide bonds. The smallest absolute Gasteiger partial charge is 0.245 e. The van der Waals surface area contributed by atoms with Gasteiger partial charge in [-0.15, -0.1) is 12.4 Å². The number of ether oxygens (including phenoxy) is 2. The number of benzene rings is 1. The lowest BCUT2D eigenvalue weighted by molar-refractivity contribution is -0.119. The minimum absolute atomic E-state index is 0. The third-order valence-electron chi connectivity index (χ3n) is 4.18. The number of sulfone groups is 1. The summed E-state index contributed by atoms with van der Waals surface area (Å²) in [7, 11) is -0.531. The van der Waals surface area contributed by atoms with E-state index in [2.05, 4.69) is 10.6 Å².